The molecule has 5 rings (SSSR count). The van der Waals surface area contributed by atoms with E-state index in [-0.39, 0.29) is 19.7 Å². The van der Waals surface area contributed by atoms with Gasteiger partial charge in [-0.25, -0.2) is 0 Å². The summed E-state index contributed by atoms with van der Waals surface area (Å²) in [5.74, 6) is 0. The minimum Gasteiger partial charge on any atom is -0.525 e. The molecule has 2 aromatic rings. The van der Waals surface area contributed by atoms with Gasteiger partial charge in [-0.05, 0) is 35.1 Å². The predicted octanol–water partition coefficient (Wildman–Crippen LogP) is 6.32. The standard InChI is InChI=1S/C29H36B2O4/c1-3-5-7-9-15-29(16-10-8-6-4-2)27-21-23(30-32-17-18-33-30)11-13-25(27)26-14-12-24(22-28(26)29)31-34-19-20-35-31/h11-14,17-22H,3-10,15-16H2,1-2H3. The lowest BCUT2D eigenvalue weighted by Crippen LogP contribution is -2.35. The van der Waals surface area contributed by atoms with Crippen LogP contribution in [0.1, 0.15) is 89.2 Å². The lowest BCUT2D eigenvalue weighted by molar-refractivity contribution is 0.400. The molecule has 0 unspecified atom stereocenters. The fraction of sp³-hybridized carbons (Fsp3) is 0.448. The molecule has 2 aromatic carbocycles. The quantitative estimate of drug-likeness (QED) is 0.269. The fourth-order valence-electron chi connectivity index (χ4n) is 5.99. The highest BCUT2D eigenvalue weighted by atomic mass is 16.6. The van der Waals surface area contributed by atoms with E-state index in [1.165, 1.54) is 73.6 Å². The highest BCUT2D eigenvalue weighted by Gasteiger charge is 2.44. The molecule has 2 aliphatic heterocycles. The van der Waals surface area contributed by atoms with Gasteiger partial charge in [-0.3, -0.25) is 0 Å². The van der Waals surface area contributed by atoms with Gasteiger partial charge >= 0.3 is 14.2 Å². The number of rotatable bonds is 12. The van der Waals surface area contributed by atoms with Gasteiger partial charge in [0.15, 0.2) is 0 Å². The zero-order valence-corrected chi connectivity index (χ0v) is 21.1. The number of hydrogen-bond acceptors (Lipinski definition) is 4. The summed E-state index contributed by atoms with van der Waals surface area (Å²) in [5, 5.41) is 0. The van der Waals surface area contributed by atoms with Crippen LogP contribution >= 0.6 is 0 Å². The first kappa shape index (κ1) is 24.0. The van der Waals surface area contributed by atoms with Gasteiger partial charge in [0.1, 0.15) is 0 Å². The van der Waals surface area contributed by atoms with Gasteiger partial charge < -0.3 is 18.6 Å². The van der Waals surface area contributed by atoms with E-state index in [1.807, 2.05) is 0 Å². The minimum absolute atomic E-state index is 0.0176. The highest BCUT2D eigenvalue weighted by Crippen LogP contribution is 2.53. The van der Waals surface area contributed by atoms with Crippen LogP contribution in [-0.2, 0) is 24.0 Å². The van der Waals surface area contributed by atoms with Crippen LogP contribution < -0.4 is 10.9 Å². The van der Waals surface area contributed by atoms with Crippen LogP contribution in [-0.4, -0.2) is 14.2 Å². The van der Waals surface area contributed by atoms with Crippen LogP contribution in [0.4, 0.5) is 0 Å². The zero-order chi connectivity index (χ0) is 24.1. The Morgan fingerprint density at radius 1 is 0.571 bits per heavy atom. The molecule has 35 heavy (non-hydrogen) atoms. The van der Waals surface area contributed by atoms with Crippen LogP contribution in [0, 0.1) is 0 Å². The molecule has 0 radical (unpaired) electrons. The van der Waals surface area contributed by atoms with Gasteiger partial charge in [0.25, 0.3) is 0 Å². The van der Waals surface area contributed by atoms with Crippen molar-refractivity contribution < 1.29 is 18.6 Å². The van der Waals surface area contributed by atoms with E-state index in [0.717, 1.165) is 23.8 Å². The molecular weight excluding hydrogens is 434 g/mol. The van der Waals surface area contributed by atoms with Gasteiger partial charge in [0.2, 0.25) is 0 Å². The van der Waals surface area contributed by atoms with Crippen molar-refractivity contribution in [3.05, 3.63) is 72.6 Å². The third kappa shape index (κ3) is 4.72. The van der Waals surface area contributed by atoms with E-state index in [0.29, 0.717) is 0 Å². The normalized spacial score (nSPS) is 16.5. The molecule has 3 aliphatic rings. The smallest absolute Gasteiger partial charge is 0.525 e. The molecule has 0 saturated heterocycles. The van der Waals surface area contributed by atoms with Crippen LogP contribution in [0.15, 0.2) is 61.4 Å². The third-order valence-electron chi connectivity index (χ3n) is 7.79. The number of unbranched alkanes of at least 4 members (excludes halogenated alkanes) is 6. The summed E-state index contributed by atoms with van der Waals surface area (Å²) < 4.78 is 22.9. The van der Waals surface area contributed by atoms with E-state index in [1.54, 1.807) is 25.0 Å². The second-order valence-electron chi connectivity index (χ2n) is 10.1. The molecule has 4 nitrogen and oxygen atoms in total. The van der Waals surface area contributed by atoms with Gasteiger partial charge in [0, 0.05) is 16.3 Å². The zero-order valence-electron chi connectivity index (χ0n) is 21.1. The van der Waals surface area contributed by atoms with E-state index in [2.05, 4.69) is 50.2 Å². The molecule has 0 saturated carbocycles. The molecule has 0 fully saturated rings. The summed E-state index contributed by atoms with van der Waals surface area (Å²) in [6.45, 7) is 4.56. The molecule has 0 bridgehead atoms. The van der Waals surface area contributed by atoms with Crippen molar-refractivity contribution in [2.75, 3.05) is 0 Å². The van der Waals surface area contributed by atoms with E-state index >= 15 is 0 Å². The Kier molecular flexibility index (Phi) is 7.46. The predicted molar refractivity (Wildman–Crippen MR) is 144 cm³/mol. The monoisotopic (exact) mass is 470 g/mol. The number of benzene rings is 2. The first-order valence-corrected chi connectivity index (χ1v) is 13.5. The average Bonchev–Trinajstić information content (AvgIpc) is 3.66. The Bertz CT molecular complexity index is 979. The van der Waals surface area contributed by atoms with Gasteiger partial charge in [0.05, 0.1) is 25.0 Å². The molecule has 0 N–H and O–H groups in total. The van der Waals surface area contributed by atoms with Crippen LogP contribution in [0.5, 0.6) is 0 Å². The molecule has 0 spiro atoms. The van der Waals surface area contributed by atoms with Crippen molar-refractivity contribution in [3.8, 4) is 11.1 Å². The Morgan fingerprint density at radius 3 is 1.40 bits per heavy atom. The van der Waals surface area contributed by atoms with E-state index in [4.69, 9.17) is 18.6 Å². The van der Waals surface area contributed by atoms with Crippen molar-refractivity contribution in [3.63, 3.8) is 0 Å². The van der Waals surface area contributed by atoms with E-state index < -0.39 is 0 Å². The van der Waals surface area contributed by atoms with E-state index in [9.17, 15) is 0 Å². The fourth-order valence-corrected chi connectivity index (χ4v) is 5.99. The maximum absolute atomic E-state index is 5.71. The highest BCUT2D eigenvalue weighted by molar-refractivity contribution is 6.62. The average molecular weight is 470 g/mol. The molecule has 0 atom stereocenters. The lowest BCUT2D eigenvalue weighted by atomic mass is 9.67. The van der Waals surface area contributed by atoms with Crippen molar-refractivity contribution in [1.82, 2.24) is 0 Å². The summed E-state index contributed by atoms with van der Waals surface area (Å²) in [7, 11) is -0.715. The summed E-state index contributed by atoms with van der Waals surface area (Å²) in [4.78, 5) is 0. The molecule has 1 aliphatic carbocycles. The van der Waals surface area contributed by atoms with Crippen LogP contribution in [0.25, 0.3) is 11.1 Å². The second kappa shape index (κ2) is 10.9. The van der Waals surface area contributed by atoms with Crippen LogP contribution in [0.2, 0.25) is 0 Å². The third-order valence-corrected chi connectivity index (χ3v) is 7.79. The molecule has 0 aromatic heterocycles. The molecular formula is C29H36B2O4. The maximum Gasteiger partial charge on any atom is 0.632 e. The Balaban J connectivity index is 1.57. The summed E-state index contributed by atoms with van der Waals surface area (Å²) in [6.07, 6.45) is 18.9. The Hall–Kier alpha value is -2.75. The molecule has 2 heterocycles. The Labute approximate surface area is 211 Å². The first-order chi connectivity index (χ1) is 17.3. The maximum atomic E-state index is 5.71. The summed E-state index contributed by atoms with van der Waals surface area (Å²) in [5.41, 5.74) is 7.70. The second-order valence-corrected chi connectivity index (χ2v) is 10.1. The SMILES string of the molecule is CCCCCCC1(CCCCCC)c2cc(B3OC=CO3)ccc2-c2ccc(B3OC=CO3)cc21. The summed E-state index contributed by atoms with van der Waals surface area (Å²) >= 11 is 0. The van der Waals surface area contributed by atoms with Crippen molar-refractivity contribution in [2.24, 2.45) is 0 Å². The first-order valence-electron chi connectivity index (χ1n) is 13.5. The van der Waals surface area contributed by atoms with Crippen molar-refractivity contribution in [2.45, 2.75) is 83.5 Å². The minimum atomic E-state index is -0.358. The van der Waals surface area contributed by atoms with Crippen molar-refractivity contribution >= 4 is 25.2 Å². The van der Waals surface area contributed by atoms with Crippen LogP contribution in [0.3, 0.4) is 0 Å². The molecule has 0 amide bonds. The largest absolute Gasteiger partial charge is 0.632 e. The summed E-state index contributed by atoms with van der Waals surface area (Å²) in [6, 6.07) is 13.6. The molecule has 6 heteroatoms. The topological polar surface area (TPSA) is 36.9 Å². The van der Waals surface area contributed by atoms with Gasteiger partial charge in [-0.2, -0.15) is 0 Å². The van der Waals surface area contributed by atoms with Crippen molar-refractivity contribution in [1.29, 1.82) is 0 Å². The van der Waals surface area contributed by atoms with Gasteiger partial charge in [-0.1, -0.05) is 102 Å². The molecule has 182 valence electrons. The lowest BCUT2D eigenvalue weighted by Gasteiger charge is -2.33. The number of fused-ring (bicyclic) bond motifs is 3. The number of hydrogen-bond donors (Lipinski definition) is 0. The Morgan fingerprint density at radius 2 is 1.00 bits per heavy atom. The van der Waals surface area contributed by atoms with Gasteiger partial charge in [-0.15, -0.1) is 0 Å².